The van der Waals surface area contributed by atoms with Gasteiger partial charge in [0.1, 0.15) is 12.4 Å². The molecule has 6 heteroatoms. The number of carboxylic acid groups (broad SMARTS) is 1. The summed E-state index contributed by atoms with van der Waals surface area (Å²) < 4.78 is 5.50. The zero-order valence-corrected chi connectivity index (χ0v) is 10.9. The number of benzene rings is 1. The second-order valence-electron chi connectivity index (χ2n) is 3.89. The SMILES string of the molecule is Cc1cc(OCc2ncc(C(=O)O)cn2)ccc1Cl. The van der Waals surface area contributed by atoms with E-state index < -0.39 is 5.97 Å². The minimum atomic E-state index is -1.05. The van der Waals surface area contributed by atoms with Crippen LogP contribution in [-0.4, -0.2) is 21.0 Å². The molecule has 5 nitrogen and oxygen atoms in total. The number of aromatic carboxylic acids is 1. The molecule has 1 heterocycles. The Bertz CT molecular complexity index is 599. The average molecular weight is 279 g/mol. The Morgan fingerprint density at radius 1 is 1.37 bits per heavy atom. The van der Waals surface area contributed by atoms with Gasteiger partial charge in [-0.05, 0) is 30.7 Å². The summed E-state index contributed by atoms with van der Waals surface area (Å²) in [6.45, 7) is 2.05. The van der Waals surface area contributed by atoms with Crippen LogP contribution in [0.15, 0.2) is 30.6 Å². The van der Waals surface area contributed by atoms with Gasteiger partial charge >= 0.3 is 5.97 Å². The molecule has 0 aliphatic heterocycles. The molecule has 0 atom stereocenters. The molecule has 2 rings (SSSR count). The predicted octanol–water partition coefficient (Wildman–Crippen LogP) is 2.72. The van der Waals surface area contributed by atoms with Crippen LogP contribution >= 0.6 is 11.6 Å². The lowest BCUT2D eigenvalue weighted by Gasteiger charge is -2.06. The van der Waals surface area contributed by atoms with E-state index in [2.05, 4.69) is 9.97 Å². The molecule has 19 heavy (non-hydrogen) atoms. The van der Waals surface area contributed by atoms with Gasteiger partial charge in [0.2, 0.25) is 0 Å². The molecule has 0 aliphatic rings. The monoisotopic (exact) mass is 278 g/mol. The lowest BCUT2D eigenvalue weighted by atomic mass is 10.2. The van der Waals surface area contributed by atoms with Gasteiger partial charge in [0, 0.05) is 17.4 Å². The van der Waals surface area contributed by atoms with E-state index in [1.165, 1.54) is 12.4 Å². The van der Waals surface area contributed by atoms with E-state index in [4.69, 9.17) is 21.4 Å². The van der Waals surface area contributed by atoms with Crippen molar-refractivity contribution < 1.29 is 14.6 Å². The maximum Gasteiger partial charge on any atom is 0.338 e. The highest BCUT2D eigenvalue weighted by molar-refractivity contribution is 6.31. The summed E-state index contributed by atoms with van der Waals surface area (Å²) in [7, 11) is 0. The third-order valence-electron chi connectivity index (χ3n) is 2.45. The van der Waals surface area contributed by atoms with E-state index in [9.17, 15) is 4.79 Å². The minimum Gasteiger partial charge on any atom is -0.486 e. The van der Waals surface area contributed by atoms with Crippen molar-refractivity contribution in [2.75, 3.05) is 0 Å². The Morgan fingerprint density at radius 2 is 2.05 bits per heavy atom. The highest BCUT2D eigenvalue weighted by Crippen LogP contribution is 2.21. The molecule has 0 radical (unpaired) electrons. The van der Waals surface area contributed by atoms with Crippen molar-refractivity contribution in [3.05, 3.63) is 52.6 Å². The van der Waals surface area contributed by atoms with Gasteiger partial charge in [0.05, 0.1) is 5.56 Å². The number of hydrogen-bond acceptors (Lipinski definition) is 4. The van der Waals surface area contributed by atoms with E-state index in [1.807, 2.05) is 13.0 Å². The molecule has 2 aromatic rings. The van der Waals surface area contributed by atoms with Crippen LogP contribution in [0.5, 0.6) is 5.75 Å². The minimum absolute atomic E-state index is 0.0473. The van der Waals surface area contributed by atoms with E-state index in [1.54, 1.807) is 12.1 Å². The Hall–Kier alpha value is -2.14. The summed E-state index contributed by atoms with van der Waals surface area (Å²) in [5, 5.41) is 9.39. The smallest absolute Gasteiger partial charge is 0.338 e. The number of carboxylic acids is 1. The van der Waals surface area contributed by atoms with Crippen molar-refractivity contribution in [1.29, 1.82) is 0 Å². The van der Waals surface area contributed by atoms with Crippen LogP contribution in [0.2, 0.25) is 5.02 Å². The van der Waals surface area contributed by atoms with Gasteiger partial charge in [-0.25, -0.2) is 14.8 Å². The molecule has 0 amide bonds. The molecule has 0 saturated heterocycles. The lowest BCUT2D eigenvalue weighted by molar-refractivity contribution is 0.0695. The third kappa shape index (κ3) is 3.42. The summed E-state index contributed by atoms with van der Waals surface area (Å²) in [4.78, 5) is 18.5. The lowest BCUT2D eigenvalue weighted by Crippen LogP contribution is -2.04. The topological polar surface area (TPSA) is 72.3 Å². The standard InChI is InChI=1S/C13H11ClN2O3/c1-8-4-10(2-3-11(8)14)19-7-12-15-5-9(6-16-12)13(17)18/h2-6H,7H2,1H3,(H,17,18). The first-order valence-electron chi connectivity index (χ1n) is 5.49. The van der Waals surface area contributed by atoms with Gasteiger partial charge in [-0.2, -0.15) is 0 Å². The first kappa shape index (κ1) is 13.3. The highest BCUT2D eigenvalue weighted by Gasteiger charge is 2.05. The van der Waals surface area contributed by atoms with E-state index in [0.29, 0.717) is 16.6 Å². The number of ether oxygens (including phenoxy) is 1. The van der Waals surface area contributed by atoms with Crippen molar-refractivity contribution in [1.82, 2.24) is 9.97 Å². The Labute approximate surface area is 114 Å². The largest absolute Gasteiger partial charge is 0.486 e. The van der Waals surface area contributed by atoms with E-state index >= 15 is 0 Å². The maximum atomic E-state index is 10.6. The normalized spacial score (nSPS) is 10.2. The zero-order chi connectivity index (χ0) is 13.8. The van der Waals surface area contributed by atoms with Crippen LogP contribution in [-0.2, 0) is 6.61 Å². The Kier molecular flexibility index (Phi) is 3.97. The fourth-order valence-corrected chi connectivity index (χ4v) is 1.51. The fourth-order valence-electron chi connectivity index (χ4n) is 1.39. The van der Waals surface area contributed by atoms with E-state index in [0.717, 1.165) is 5.56 Å². The van der Waals surface area contributed by atoms with Crippen LogP contribution in [0.4, 0.5) is 0 Å². The second-order valence-corrected chi connectivity index (χ2v) is 4.30. The Balaban J connectivity index is 2.01. The molecule has 0 fully saturated rings. The zero-order valence-electron chi connectivity index (χ0n) is 10.1. The van der Waals surface area contributed by atoms with Crippen molar-refractivity contribution in [2.45, 2.75) is 13.5 Å². The van der Waals surface area contributed by atoms with Gasteiger partial charge < -0.3 is 9.84 Å². The van der Waals surface area contributed by atoms with Crippen LogP contribution < -0.4 is 4.74 Å². The maximum absolute atomic E-state index is 10.6. The van der Waals surface area contributed by atoms with Crippen molar-refractivity contribution >= 4 is 17.6 Å². The molecule has 0 spiro atoms. The first-order chi connectivity index (χ1) is 9.06. The third-order valence-corrected chi connectivity index (χ3v) is 2.87. The van der Waals surface area contributed by atoms with Gasteiger partial charge in [0.25, 0.3) is 0 Å². The molecular weight excluding hydrogens is 268 g/mol. The summed E-state index contributed by atoms with van der Waals surface area (Å²) in [5.74, 6) is 0.0196. The first-order valence-corrected chi connectivity index (χ1v) is 5.87. The summed E-state index contributed by atoms with van der Waals surface area (Å²) in [6, 6.07) is 5.31. The number of hydrogen-bond donors (Lipinski definition) is 1. The van der Waals surface area contributed by atoms with Crippen LogP contribution in [0.25, 0.3) is 0 Å². The van der Waals surface area contributed by atoms with E-state index in [-0.39, 0.29) is 12.2 Å². The number of halogens is 1. The highest BCUT2D eigenvalue weighted by atomic mass is 35.5. The van der Waals surface area contributed by atoms with Gasteiger partial charge in [-0.3, -0.25) is 0 Å². The molecule has 0 saturated carbocycles. The second kappa shape index (κ2) is 5.67. The number of aromatic nitrogens is 2. The number of carbonyl (C=O) groups is 1. The van der Waals surface area contributed by atoms with Gasteiger partial charge in [-0.15, -0.1) is 0 Å². The van der Waals surface area contributed by atoms with Gasteiger partial charge in [0.15, 0.2) is 5.82 Å². The molecule has 1 N–H and O–H groups in total. The van der Waals surface area contributed by atoms with Crippen molar-refractivity contribution in [3.8, 4) is 5.75 Å². The summed E-state index contributed by atoms with van der Waals surface area (Å²) in [6.07, 6.45) is 2.50. The molecular formula is C13H11ClN2O3. The van der Waals surface area contributed by atoms with Crippen LogP contribution in [0, 0.1) is 6.92 Å². The number of aryl methyl sites for hydroxylation is 1. The summed E-state index contributed by atoms with van der Waals surface area (Å²) in [5.41, 5.74) is 0.965. The van der Waals surface area contributed by atoms with Crippen LogP contribution in [0.1, 0.15) is 21.7 Å². The van der Waals surface area contributed by atoms with Crippen molar-refractivity contribution in [3.63, 3.8) is 0 Å². The average Bonchev–Trinajstić information content (AvgIpc) is 2.40. The number of rotatable bonds is 4. The fraction of sp³-hybridized carbons (Fsp3) is 0.154. The molecule has 0 aliphatic carbocycles. The number of nitrogens with zero attached hydrogens (tertiary/aromatic N) is 2. The van der Waals surface area contributed by atoms with Crippen molar-refractivity contribution in [2.24, 2.45) is 0 Å². The molecule has 0 unspecified atom stereocenters. The molecule has 1 aromatic carbocycles. The quantitative estimate of drug-likeness (QED) is 0.931. The molecule has 0 bridgehead atoms. The summed E-state index contributed by atoms with van der Waals surface area (Å²) >= 11 is 5.91. The van der Waals surface area contributed by atoms with Gasteiger partial charge in [-0.1, -0.05) is 11.6 Å². The molecule has 98 valence electrons. The Morgan fingerprint density at radius 3 is 2.63 bits per heavy atom. The molecule has 1 aromatic heterocycles. The van der Waals surface area contributed by atoms with Crippen LogP contribution in [0.3, 0.4) is 0 Å². The predicted molar refractivity (Wildman–Crippen MR) is 69.5 cm³/mol.